The topological polar surface area (TPSA) is 88.4 Å². The van der Waals surface area contributed by atoms with Gasteiger partial charge in [-0.05, 0) is 29.7 Å². The molecule has 0 amide bonds. The number of hydrogen-bond acceptors (Lipinski definition) is 5. The lowest BCUT2D eigenvalue weighted by Crippen LogP contribution is -2.46. The number of aliphatic hydroxyl groups excluding tert-OH is 1. The van der Waals surface area contributed by atoms with Crippen molar-refractivity contribution in [1.29, 1.82) is 0 Å². The third kappa shape index (κ3) is 6.25. The van der Waals surface area contributed by atoms with E-state index in [4.69, 9.17) is 11.6 Å². The van der Waals surface area contributed by atoms with Crippen molar-refractivity contribution >= 4 is 0 Å². The lowest BCUT2D eigenvalue weighted by molar-refractivity contribution is 0.0877. The molecule has 148 valence electrons. The molecular formula is C23H30N4O. The van der Waals surface area contributed by atoms with Crippen molar-refractivity contribution in [2.45, 2.75) is 32.5 Å². The summed E-state index contributed by atoms with van der Waals surface area (Å²) in [6, 6.07) is 23.5. The number of benzene rings is 2. The Hall–Kier alpha value is -2.57. The van der Waals surface area contributed by atoms with Crippen molar-refractivity contribution in [3.63, 3.8) is 0 Å². The third-order valence-electron chi connectivity index (χ3n) is 4.53. The second-order valence-corrected chi connectivity index (χ2v) is 6.76. The van der Waals surface area contributed by atoms with E-state index < -0.39 is 6.10 Å². The van der Waals surface area contributed by atoms with E-state index in [9.17, 15) is 5.11 Å². The molecule has 0 radical (unpaired) electrons. The molecule has 28 heavy (non-hydrogen) atoms. The van der Waals surface area contributed by atoms with E-state index in [1.165, 1.54) is 0 Å². The Kier molecular flexibility index (Phi) is 8.29. The average Bonchev–Trinajstić information content (AvgIpc) is 2.70. The van der Waals surface area contributed by atoms with Crippen LogP contribution in [0.2, 0.25) is 0 Å². The van der Waals surface area contributed by atoms with Crippen LogP contribution in [0.15, 0.2) is 79.0 Å². The maximum Gasteiger partial charge on any atom is 0.0835 e. The number of nitrogens with two attached hydrogens (primary N) is 2. The molecule has 0 saturated carbocycles. The van der Waals surface area contributed by atoms with E-state index in [0.717, 1.165) is 22.4 Å². The molecule has 0 unspecified atom stereocenters. The Morgan fingerprint density at radius 3 is 2.21 bits per heavy atom. The molecule has 5 N–H and O–H groups in total. The molecule has 5 nitrogen and oxygen atoms in total. The Morgan fingerprint density at radius 1 is 0.893 bits per heavy atom. The van der Waals surface area contributed by atoms with Crippen molar-refractivity contribution in [2.75, 3.05) is 6.54 Å². The quantitative estimate of drug-likeness (QED) is 0.414. The minimum atomic E-state index is -0.692. The second-order valence-electron chi connectivity index (χ2n) is 6.76. The van der Waals surface area contributed by atoms with Gasteiger partial charge in [0.25, 0.3) is 0 Å². The van der Waals surface area contributed by atoms with Crippen LogP contribution in [0.25, 0.3) is 11.3 Å². The van der Waals surface area contributed by atoms with Crippen molar-refractivity contribution < 1.29 is 5.11 Å². The lowest BCUT2D eigenvalue weighted by Gasteiger charge is -2.24. The Morgan fingerprint density at radius 2 is 1.57 bits per heavy atom. The van der Waals surface area contributed by atoms with E-state index in [1.54, 1.807) is 11.2 Å². The predicted molar refractivity (Wildman–Crippen MR) is 115 cm³/mol. The van der Waals surface area contributed by atoms with Gasteiger partial charge >= 0.3 is 0 Å². The van der Waals surface area contributed by atoms with Crippen LogP contribution >= 0.6 is 0 Å². The smallest absolute Gasteiger partial charge is 0.0835 e. The van der Waals surface area contributed by atoms with Gasteiger partial charge in [-0.15, -0.1) is 0 Å². The molecule has 0 bridgehead atoms. The zero-order valence-electron chi connectivity index (χ0n) is 15.3. The standard InChI is InChI=1S/C22H26N4O.CH4/c23-20(14-17-6-2-1-3-7-17)22(27)16-26(24)15-18-9-11-19(12-10-18)21-8-4-5-13-25-21;/h1-13,20,22,27H,14-16,23-24H2;1H4/t20-,22+;/m1./s1. The van der Waals surface area contributed by atoms with Crippen LogP contribution in [0.5, 0.6) is 0 Å². The number of nitrogens with zero attached hydrogens (tertiary/aromatic N) is 2. The minimum absolute atomic E-state index is 0. The summed E-state index contributed by atoms with van der Waals surface area (Å²) in [5.41, 5.74) is 10.3. The van der Waals surface area contributed by atoms with Crippen LogP contribution in [-0.2, 0) is 13.0 Å². The summed E-state index contributed by atoms with van der Waals surface area (Å²) >= 11 is 0. The zero-order valence-corrected chi connectivity index (χ0v) is 15.3. The number of pyridine rings is 1. The van der Waals surface area contributed by atoms with Gasteiger partial charge in [-0.1, -0.05) is 68.1 Å². The van der Waals surface area contributed by atoms with Crippen LogP contribution in [0.4, 0.5) is 0 Å². The molecule has 2 aromatic carbocycles. The van der Waals surface area contributed by atoms with Gasteiger partial charge in [0.1, 0.15) is 0 Å². The van der Waals surface area contributed by atoms with Gasteiger partial charge in [-0.25, -0.2) is 5.01 Å². The molecule has 1 heterocycles. The van der Waals surface area contributed by atoms with Gasteiger partial charge in [-0.2, -0.15) is 0 Å². The third-order valence-corrected chi connectivity index (χ3v) is 4.53. The summed E-state index contributed by atoms with van der Waals surface area (Å²) in [6.07, 6.45) is 1.71. The summed E-state index contributed by atoms with van der Waals surface area (Å²) in [6.45, 7) is 0.855. The molecule has 0 aliphatic heterocycles. The number of aromatic nitrogens is 1. The van der Waals surface area contributed by atoms with Crippen LogP contribution in [0, 0.1) is 0 Å². The van der Waals surface area contributed by atoms with Gasteiger partial charge < -0.3 is 10.8 Å². The molecule has 3 aromatic rings. The van der Waals surface area contributed by atoms with Crippen LogP contribution in [-0.4, -0.2) is 33.8 Å². The van der Waals surface area contributed by atoms with E-state index in [1.807, 2.05) is 72.8 Å². The van der Waals surface area contributed by atoms with Crippen LogP contribution in [0.1, 0.15) is 18.6 Å². The zero-order chi connectivity index (χ0) is 19.1. The highest BCUT2D eigenvalue weighted by Crippen LogP contribution is 2.17. The first-order valence-electron chi connectivity index (χ1n) is 9.09. The summed E-state index contributed by atoms with van der Waals surface area (Å²) in [5.74, 6) is 6.09. The Balaban J connectivity index is 0.00000280. The normalized spacial score (nSPS) is 13.0. The average molecular weight is 379 g/mol. The molecule has 5 heteroatoms. The van der Waals surface area contributed by atoms with E-state index in [-0.39, 0.29) is 13.5 Å². The number of aliphatic hydroxyl groups is 1. The first-order valence-corrected chi connectivity index (χ1v) is 9.09. The molecule has 0 aliphatic rings. The maximum absolute atomic E-state index is 10.4. The summed E-state index contributed by atoms with van der Waals surface area (Å²) < 4.78 is 0. The first kappa shape index (κ1) is 21.7. The Labute approximate surface area is 167 Å². The number of hydrogen-bond donors (Lipinski definition) is 3. The fourth-order valence-corrected chi connectivity index (χ4v) is 3.01. The molecule has 0 fully saturated rings. The minimum Gasteiger partial charge on any atom is -0.390 e. The molecule has 0 spiro atoms. The van der Waals surface area contributed by atoms with E-state index in [2.05, 4.69) is 4.98 Å². The highest BCUT2D eigenvalue weighted by atomic mass is 16.3. The molecule has 1 aromatic heterocycles. The van der Waals surface area contributed by atoms with Gasteiger partial charge in [0.05, 0.1) is 11.8 Å². The summed E-state index contributed by atoms with van der Waals surface area (Å²) in [4.78, 5) is 4.35. The van der Waals surface area contributed by atoms with Crippen LogP contribution in [0.3, 0.4) is 0 Å². The monoisotopic (exact) mass is 378 g/mol. The molecule has 2 atom stereocenters. The first-order chi connectivity index (χ1) is 13.1. The molecule has 0 saturated heterocycles. The van der Waals surface area contributed by atoms with Gasteiger partial charge in [0.15, 0.2) is 0 Å². The number of rotatable bonds is 8. The fraction of sp³-hybridized carbons (Fsp3) is 0.261. The number of hydrazine groups is 1. The van der Waals surface area contributed by atoms with Crippen molar-refractivity contribution in [2.24, 2.45) is 11.6 Å². The predicted octanol–water partition coefficient (Wildman–Crippen LogP) is 2.99. The highest BCUT2D eigenvalue weighted by molar-refractivity contribution is 5.58. The van der Waals surface area contributed by atoms with Gasteiger partial charge in [-0.3, -0.25) is 10.8 Å². The summed E-state index contributed by atoms with van der Waals surface area (Å²) in [7, 11) is 0. The Bertz CT molecular complexity index is 809. The van der Waals surface area contributed by atoms with Crippen LogP contribution < -0.4 is 11.6 Å². The van der Waals surface area contributed by atoms with Crippen molar-refractivity contribution in [3.8, 4) is 11.3 Å². The second kappa shape index (κ2) is 10.7. The highest BCUT2D eigenvalue weighted by Gasteiger charge is 2.17. The SMILES string of the molecule is C.N[C@H](Cc1ccccc1)[C@@H](O)CN(N)Cc1ccc(-c2ccccn2)cc1. The van der Waals surface area contributed by atoms with E-state index in [0.29, 0.717) is 19.5 Å². The largest absolute Gasteiger partial charge is 0.390 e. The van der Waals surface area contributed by atoms with Crippen molar-refractivity contribution in [3.05, 3.63) is 90.1 Å². The maximum atomic E-state index is 10.4. The van der Waals surface area contributed by atoms with Crippen molar-refractivity contribution in [1.82, 2.24) is 9.99 Å². The molecule has 0 aliphatic carbocycles. The summed E-state index contributed by atoms with van der Waals surface area (Å²) in [5, 5.41) is 12.0. The lowest BCUT2D eigenvalue weighted by atomic mass is 10.0. The van der Waals surface area contributed by atoms with Gasteiger partial charge in [0, 0.05) is 30.9 Å². The molecule has 3 rings (SSSR count). The van der Waals surface area contributed by atoms with E-state index >= 15 is 0 Å². The molecular weight excluding hydrogens is 348 g/mol. The fourth-order valence-electron chi connectivity index (χ4n) is 3.01. The van der Waals surface area contributed by atoms with Gasteiger partial charge in [0.2, 0.25) is 0 Å².